The van der Waals surface area contributed by atoms with Gasteiger partial charge in [-0.15, -0.1) is 0 Å². The fourth-order valence-corrected chi connectivity index (χ4v) is 2.29. The second-order valence-electron chi connectivity index (χ2n) is 5.18. The molecule has 0 amide bonds. The summed E-state index contributed by atoms with van der Waals surface area (Å²) in [6.07, 6.45) is 7.01. The molecule has 0 spiro atoms. The van der Waals surface area contributed by atoms with Gasteiger partial charge >= 0.3 is 0 Å². The van der Waals surface area contributed by atoms with Gasteiger partial charge in [0, 0.05) is 5.54 Å². The maximum absolute atomic E-state index is 5.33. The topological polar surface area (TPSA) is 25.2 Å². The zero-order valence-electron chi connectivity index (χ0n) is 9.75. The summed E-state index contributed by atoms with van der Waals surface area (Å²) in [7, 11) is 0. The van der Waals surface area contributed by atoms with E-state index in [1.54, 1.807) is 6.26 Å². The van der Waals surface area contributed by atoms with Crippen molar-refractivity contribution in [2.24, 2.45) is 5.92 Å². The number of rotatable bonds is 3. The van der Waals surface area contributed by atoms with Gasteiger partial charge in [-0.05, 0) is 50.7 Å². The lowest BCUT2D eigenvalue weighted by Crippen LogP contribution is -2.44. The zero-order valence-corrected chi connectivity index (χ0v) is 9.75. The first-order valence-corrected chi connectivity index (χ1v) is 5.95. The molecule has 0 saturated heterocycles. The molecule has 15 heavy (non-hydrogen) atoms. The highest BCUT2D eigenvalue weighted by Crippen LogP contribution is 2.31. The lowest BCUT2D eigenvalue weighted by Gasteiger charge is -2.37. The Morgan fingerprint density at radius 1 is 1.47 bits per heavy atom. The Labute approximate surface area is 92.1 Å². The van der Waals surface area contributed by atoms with Crippen LogP contribution in [0.15, 0.2) is 22.8 Å². The third-order valence-electron chi connectivity index (χ3n) is 3.65. The van der Waals surface area contributed by atoms with E-state index in [0.717, 1.165) is 18.2 Å². The van der Waals surface area contributed by atoms with Crippen LogP contribution in [0.25, 0.3) is 0 Å². The molecule has 0 atom stereocenters. The molecule has 0 aromatic carbocycles. The lowest BCUT2D eigenvalue weighted by atomic mass is 9.78. The van der Waals surface area contributed by atoms with Gasteiger partial charge in [-0.3, -0.25) is 0 Å². The average molecular weight is 207 g/mol. The fourth-order valence-electron chi connectivity index (χ4n) is 2.29. The van der Waals surface area contributed by atoms with E-state index in [-0.39, 0.29) is 0 Å². The highest BCUT2D eigenvalue weighted by Gasteiger charge is 2.28. The molecule has 84 valence electrons. The molecule has 2 rings (SSSR count). The van der Waals surface area contributed by atoms with Crippen molar-refractivity contribution in [1.82, 2.24) is 5.32 Å². The molecule has 2 nitrogen and oxygen atoms in total. The van der Waals surface area contributed by atoms with Gasteiger partial charge in [0.25, 0.3) is 0 Å². The van der Waals surface area contributed by atoms with Crippen LogP contribution >= 0.6 is 0 Å². The summed E-state index contributed by atoms with van der Waals surface area (Å²) in [6, 6.07) is 3.98. The normalized spacial score (nSPS) is 31.7. The molecule has 0 aliphatic heterocycles. The fraction of sp³-hybridized carbons (Fsp3) is 0.692. The minimum Gasteiger partial charge on any atom is -0.468 e. The van der Waals surface area contributed by atoms with Gasteiger partial charge in [0.15, 0.2) is 0 Å². The summed E-state index contributed by atoms with van der Waals surface area (Å²) in [5.41, 5.74) is 0.319. The van der Waals surface area contributed by atoms with Crippen LogP contribution in [0.5, 0.6) is 0 Å². The Bertz CT molecular complexity index is 283. The van der Waals surface area contributed by atoms with Gasteiger partial charge in [0.1, 0.15) is 5.76 Å². The van der Waals surface area contributed by atoms with Gasteiger partial charge in [0.2, 0.25) is 0 Å². The van der Waals surface area contributed by atoms with Gasteiger partial charge in [0.05, 0.1) is 12.8 Å². The minimum atomic E-state index is 0.319. The van der Waals surface area contributed by atoms with Crippen LogP contribution in [0.2, 0.25) is 0 Å². The molecular weight excluding hydrogens is 186 g/mol. The Kier molecular flexibility index (Phi) is 3.15. The highest BCUT2D eigenvalue weighted by molar-refractivity contribution is 4.99. The van der Waals surface area contributed by atoms with Crippen LogP contribution in [0, 0.1) is 5.92 Å². The van der Waals surface area contributed by atoms with E-state index < -0.39 is 0 Å². The quantitative estimate of drug-likeness (QED) is 0.822. The number of hydrogen-bond donors (Lipinski definition) is 1. The van der Waals surface area contributed by atoms with E-state index in [0.29, 0.717) is 5.54 Å². The molecule has 1 heterocycles. The molecule has 2 heteroatoms. The van der Waals surface area contributed by atoms with E-state index >= 15 is 0 Å². The van der Waals surface area contributed by atoms with E-state index in [2.05, 4.69) is 19.2 Å². The first kappa shape index (κ1) is 10.7. The monoisotopic (exact) mass is 207 g/mol. The maximum Gasteiger partial charge on any atom is 0.117 e. The molecule has 0 unspecified atom stereocenters. The lowest BCUT2D eigenvalue weighted by molar-refractivity contribution is 0.208. The molecule has 1 aromatic heterocycles. The third-order valence-corrected chi connectivity index (χ3v) is 3.65. The van der Waals surface area contributed by atoms with Crippen molar-refractivity contribution in [2.75, 3.05) is 0 Å². The van der Waals surface area contributed by atoms with Crippen molar-refractivity contribution in [3.05, 3.63) is 24.2 Å². The first-order chi connectivity index (χ1) is 7.18. The Morgan fingerprint density at radius 2 is 2.20 bits per heavy atom. The molecule has 1 aromatic rings. The molecule has 1 aliphatic carbocycles. The minimum absolute atomic E-state index is 0.319. The largest absolute Gasteiger partial charge is 0.468 e. The molecule has 0 radical (unpaired) electrons. The van der Waals surface area contributed by atoms with Crippen LogP contribution in [-0.2, 0) is 6.54 Å². The molecular formula is C13H21NO. The summed E-state index contributed by atoms with van der Waals surface area (Å²) in [4.78, 5) is 0. The molecule has 1 aliphatic rings. The summed E-state index contributed by atoms with van der Waals surface area (Å²) >= 11 is 0. The SMILES string of the molecule is CC1CCC(C)(NCc2ccco2)CC1. The Balaban J connectivity index is 1.83. The summed E-state index contributed by atoms with van der Waals surface area (Å²) in [5.74, 6) is 1.94. The van der Waals surface area contributed by atoms with Crippen LogP contribution in [-0.4, -0.2) is 5.54 Å². The van der Waals surface area contributed by atoms with Crippen molar-refractivity contribution < 1.29 is 4.42 Å². The van der Waals surface area contributed by atoms with Crippen molar-refractivity contribution in [3.8, 4) is 0 Å². The van der Waals surface area contributed by atoms with Crippen molar-refractivity contribution in [2.45, 2.75) is 51.6 Å². The van der Waals surface area contributed by atoms with E-state index in [1.165, 1.54) is 25.7 Å². The third kappa shape index (κ3) is 2.85. The van der Waals surface area contributed by atoms with E-state index in [4.69, 9.17) is 4.42 Å². The van der Waals surface area contributed by atoms with Gasteiger partial charge in [-0.1, -0.05) is 6.92 Å². The second-order valence-corrected chi connectivity index (χ2v) is 5.18. The molecule has 0 bridgehead atoms. The first-order valence-electron chi connectivity index (χ1n) is 5.95. The van der Waals surface area contributed by atoms with Gasteiger partial charge in [-0.25, -0.2) is 0 Å². The van der Waals surface area contributed by atoms with Crippen molar-refractivity contribution in [3.63, 3.8) is 0 Å². The number of hydrogen-bond acceptors (Lipinski definition) is 2. The molecule has 1 fully saturated rings. The summed E-state index contributed by atoms with van der Waals surface area (Å²) < 4.78 is 5.33. The van der Waals surface area contributed by atoms with E-state index in [1.807, 2.05) is 12.1 Å². The number of furan rings is 1. The van der Waals surface area contributed by atoms with Crippen molar-refractivity contribution >= 4 is 0 Å². The maximum atomic E-state index is 5.33. The standard InChI is InChI=1S/C13H21NO/c1-11-5-7-13(2,8-6-11)14-10-12-4-3-9-15-12/h3-4,9,11,14H,5-8,10H2,1-2H3. The predicted molar refractivity (Wildman–Crippen MR) is 61.6 cm³/mol. The summed E-state index contributed by atoms with van der Waals surface area (Å²) in [5, 5.41) is 3.63. The molecule has 1 N–H and O–H groups in total. The van der Waals surface area contributed by atoms with Crippen LogP contribution in [0.4, 0.5) is 0 Å². The van der Waals surface area contributed by atoms with Crippen LogP contribution in [0.1, 0.15) is 45.3 Å². The number of nitrogens with one attached hydrogen (secondary N) is 1. The Hall–Kier alpha value is -0.760. The highest BCUT2D eigenvalue weighted by atomic mass is 16.3. The zero-order chi connectivity index (χ0) is 10.7. The van der Waals surface area contributed by atoms with Gasteiger partial charge in [-0.2, -0.15) is 0 Å². The predicted octanol–water partition coefficient (Wildman–Crippen LogP) is 3.34. The van der Waals surface area contributed by atoms with Crippen molar-refractivity contribution in [1.29, 1.82) is 0 Å². The van der Waals surface area contributed by atoms with E-state index in [9.17, 15) is 0 Å². The smallest absolute Gasteiger partial charge is 0.117 e. The second kappa shape index (κ2) is 4.40. The average Bonchev–Trinajstić information content (AvgIpc) is 2.73. The van der Waals surface area contributed by atoms with Crippen LogP contribution in [0.3, 0.4) is 0 Å². The summed E-state index contributed by atoms with van der Waals surface area (Å²) in [6.45, 7) is 5.55. The Morgan fingerprint density at radius 3 is 2.80 bits per heavy atom. The van der Waals surface area contributed by atoms with Crippen LogP contribution < -0.4 is 5.32 Å². The van der Waals surface area contributed by atoms with Gasteiger partial charge < -0.3 is 9.73 Å². The molecule has 1 saturated carbocycles.